The molecule has 0 radical (unpaired) electrons. The Morgan fingerprint density at radius 1 is 1.31 bits per heavy atom. The van der Waals surface area contributed by atoms with Gasteiger partial charge in [-0.2, -0.15) is 0 Å². The second-order valence-corrected chi connectivity index (χ2v) is 4.59. The molecule has 10 heteroatoms. The summed E-state index contributed by atoms with van der Waals surface area (Å²) in [5, 5.41) is 8.65. The van der Waals surface area contributed by atoms with Gasteiger partial charge in [-0.15, -0.1) is 0 Å². The topological polar surface area (TPSA) is 149 Å². The number of aromatic carboxylic acids is 1. The molecule has 88 valence electrons. The smallest absolute Gasteiger partial charge is 0.354 e. The minimum absolute atomic E-state index is 0.739. The summed E-state index contributed by atoms with van der Waals surface area (Å²) < 4.78 is 23.4. The molecule has 0 aliphatic heterocycles. The number of hydrogen-bond acceptors (Lipinski definition) is 5. The van der Waals surface area contributed by atoms with E-state index in [1.165, 1.54) is 0 Å². The normalized spacial score (nSPS) is 11.1. The molecule has 1 heterocycles. The van der Waals surface area contributed by atoms with E-state index in [0.29, 0.717) is 0 Å². The fourth-order valence-corrected chi connectivity index (χ4v) is 1.50. The number of aromatic amines is 2. The van der Waals surface area contributed by atoms with E-state index in [1.807, 2.05) is 0 Å². The summed E-state index contributed by atoms with van der Waals surface area (Å²) in [5.41, 5.74) is -3.73. The van der Waals surface area contributed by atoms with E-state index < -0.39 is 38.6 Å². The van der Waals surface area contributed by atoms with Gasteiger partial charge in [-0.25, -0.2) is 18.0 Å². The Morgan fingerprint density at radius 3 is 2.31 bits per heavy atom. The molecule has 0 fully saturated rings. The zero-order chi connectivity index (χ0) is 12.5. The highest BCUT2D eigenvalue weighted by Crippen LogP contribution is 2.05. The number of carboxylic acids is 1. The van der Waals surface area contributed by atoms with Crippen molar-refractivity contribution in [1.29, 1.82) is 0 Å². The van der Waals surface area contributed by atoms with Crippen LogP contribution in [-0.2, 0) is 10.0 Å². The summed E-state index contributed by atoms with van der Waals surface area (Å²) >= 11 is 0. The lowest BCUT2D eigenvalue weighted by Crippen LogP contribution is -2.30. The number of anilines is 1. The van der Waals surface area contributed by atoms with E-state index in [9.17, 15) is 22.8 Å². The Morgan fingerprint density at radius 2 is 1.88 bits per heavy atom. The number of carbonyl (C=O) groups is 1. The van der Waals surface area contributed by atoms with Gasteiger partial charge in [0.1, 0.15) is 5.69 Å². The van der Waals surface area contributed by atoms with Crippen LogP contribution in [0.5, 0.6) is 0 Å². The predicted octanol–water partition coefficient (Wildman–Crippen LogP) is -1.87. The molecule has 0 bridgehead atoms. The second-order valence-electron chi connectivity index (χ2n) is 2.84. The number of hydrogen-bond donors (Lipinski definition) is 4. The second kappa shape index (κ2) is 3.81. The maximum absolute atomic E-state index is 11.2. The van der Waals surface area contributed by atoms with Crippen LogP contribution in [-0.4, -0.2) is 35.7 Å². The predicted molar refractivity (Wildman–Crippen MR) is 53.1 cm³/mol. The van der Waals surface area contributed by atoms with Crippen molar-refractivity contribution in [2.24, 2.45) is 0 Å². The van der Waals surface area contributed by atoms with Gasteiger partial charge in [0.25, 0.3) is 5.56 Å². The van der Waals surface area contributed by atoms with Crippen LogP contribution < -0.4 is 16.0 Å². The van der Waals surface area contributed by atoms with Gasteiger partial charge in [0.05, 0.1) is 6.26 Å². The van der Waals surface area contributed by atoms with E-state index in [-0.39, 0.29) is 0 Å². The van der Waals surface area contributed by atoms with Crippen molar-refractivity contribution >= 4 is 21.7 Å². The van der Waals surface area contributed by atoms with Crippen LogP contribution in [0.4, 0.5) is 5.69 Å². The monoisotopic (exact) mass is 249 g/mol. The molecule has 9 nitrogen and oxygen atoms in total. The Balaban J connectivity index is 3.54. The molecular weight excluding hydrogens is 242 g/mol. The molecule has 0 aliphatic rings. The lowest BCUT2D eigenvalue weighted by Gasteiger charge is -2.04. The summed E-state index contributed by atoms with van der Waals surface area (Å²) in [6.07, 6.45) is 0.739. The van der Waals surface area contributed by atoms with Crippen LogP contribution >= 0.6 is 0 Å². The molecule has 0 saturated carbocycles. The van der Waals surface area contributed by atoms with Gasteiger partial charge in [-0.05, 0) is 0 Å². The summed E-state index contributed by atoms with van der Waals surface area (Å²) in [5.74, 6) is -1.63. The molecular formula is C6H7N3O6S. The largest absolute Gasteiger partial charge is 0.477 e. The first-order chi connectivity index (χ1) is 7.20. The average Bonchev–Trinajstić information content (AvgIpc) is 2.07. The first kappa shape index (κ1) is 12.0. The van der Waals surface area contributed by atoms with Gasteiger partial charge in [0, 0.05) is 0 Å². The van der Waals surface area contributed by atoms with Crippen molar-refractivity contribution in [2.45, 2.75) is 0 Å². The molecule has 0 unspecified atom stereocenters. The SMILES string of the molecule is CS(=O)(=O)Nc1c(C(=O)O)[nH]c(=O)[nH]c1=O. The van der Waals surface area contributed by atoms with Crippen molar-refractivity contribution in [3.05, 3.63) is 26.5 Å². The standard InChI is InChI=1S/C6H7N3O6S/c1-16(14,15)9-2-3(5(11)12)7-6(13)8-4(2)10/h9H,1H3,(H,11,12)(H2,7,8,10,13). The van der Waals surface area contributed by atoms with Crippen LogP contribution in [0, 0.1) is 0 Å². The van der Waals surface area contributed by atoms with Gasteiger partial charge in [-0.3, -0.25) is 19.5 Å². The summed E-state index contributed by atoms with van der Waals surface area (Å²) in [6.45, 7) is 0. The molecule has 0 aromatic carbocycles. The van der Waals surface area contributed by atoms with E-state index in [1.54, 1.807) is 14.7 Å². The van der Waals surface area contributed by atoms with Gasteiger partial charge < -0.3 is 5.11 Å². The Hall–Kier alpha value is -2.10. The third-order valence-corrected chi connectivity index (χ3v) is 2.02. The highest BCUT2D eigenvalue weighted by molar-refractivity contribution is 7.92. The molecule has 1 rings (SSSR count). The molecule has 0 saturated heterocycles. The number of H-pyrrole nitrogens is 2. The fourth-order valence-electron chi connectivity index (χ4n) is 0.930. The summed E-state index contributed by atoms with van der Waals surface area (Å²) in [4.78, 5) is 36.1. The molecule has 16 heavy (non-hydrogen) atoms. The Kier molecular flexibility index (Phi) is 2.85. The third-order valence-electron chi connectivity index (χ3n) is 1.44. The molecule has 1 aromatic rings. The Labute approximate surface area is 88.2 Å². The molecule has 0 aliphatic carbocycles. The summed E-state index contributed by atoms with van der Waals surface area (Å²) in [6, 6.07) is 0. The molecule has 0 amide bonds. The van der Waals surface area contributed by atoms with Crippen LogP contribution in [0.15, 0.2) is 9.59 Å². The highest BCUT2D eigenvalue weighted by Gasteiger charge is 2.18. The van der Waals surface area contributed by atoms with Crippen LogP contribution in [0.25, 0.3) is 0 Å². The van der Waals surface area contributed by atoms with Gasteiger partial charge in [0.2, 0.25) is 10.0 Å². The summed E-state index contributed by atoms with van der Waals surface area (Å²) in [7, 11) is -3.82. The molecule has 0 spiro atoms. The van der Waals surface area contributed by atoms with E-state index >= 15 is 0 Å². The molecule has 4 N–H and O–H groups in total. The maximum Gasteiger partial charge on any atom is 0.354 e. The molecule has 1 aromatic heterocycles. The van der Waals surface area contributed by atoms with Crippen molar-refractivity contribution in [2.75, 3.05) is 11.0 Å². The van der Waals surface area contributed by atoms with Crippen molar-refractivity contribution in [3.63, 3.8) is 0 Å². The van der Waals surface area contributed by atoms with Crippen molar-refractivity contribution in [1.82, 2.24) is 9.97 Å². The average molecular weight is 249 g/mol. The van der Waals surface area contributed by atoms with E-state index in [0.717, 1.165) is 6.26 Å². The quantitative estimate of drug-likeness (QED) is 0.493. The number of sulfonamides is 1. The number of carboxylic acid groups (broad SMARTS) is 1. The fraction of sp³-hybridized carbons (Fsp3) is 0.167. The number of nitrogens with one attached hydrogen (secondary N) is 3. The van der Waals surface area contributed by atoms with Gasteiger partial charge in [-0.1, -0.05) is 0 Å². The number of aromatic nitrogens is 2. The highest BCUT2D eigenvalue weighted by atomic mass is 32.2. The van der Waals surface area contributed by atoms with Crippen LogP contribution in [0.3, 0.4) is 0 Å². The van der Waals surface area contributed by atoms with E-state index in [4.69, 9.17) is 5.11 Å². The zero-order valence-electron chi connectivity index (χ0n) is 7.90. The van der Waals surface area contributed by atoms with Crippen molar-refractivity contribution in [3.8, 4) is 0 Å². The lowest BCUT2D eigenvalue weighted by atomic mass is 10.3. The number of rotatable bonds is 3. The van der Waals surface area contributed by atoms with Crippen LogP contribution in [0.2, 0.25) is 0 Å². The third kappa shape index (κ3) is 2.70. The van der Waals surface area contributed by atoms with E-state index in [2.05, 4.69) is 0 Å². The molecule has 0 atom stereocenters. The minimum atomic E-state index is -3.82. The van der Waals surface area contributed by atoms with Gasteiger partial charge >= 0.3 is 11.7 Å². The minimum Gasteiger partial charge on any atom is -0.477 e. The first-order valence-electron chi connectivity index (χ1n) is 3.78. The lowest BCUT2D eigenvalue weighted by molar-refractivity contribution is 0.0691. The zero-order valence-corrected chi connectivity index (χ0v) is 8.71. The first-order valence-corrected chi connectivity index (χ1v) is 5.67. The Bertz CT molecular complexity index is 639. The van der Waals surface area contributed by atoms with Gasteiger partial charge in [0.15, 0.2) is 5.69 Å². The van der Waals surface area contributed by atoms with Crippen LogP contribution in [0.1, 0.15) is 10.5 Å². The maximum atomic E-state index is 11.2. The van der Waals surface area contributed by atoms with Crippen molar-refractivity contribution < 1.29 is 18.3 Å².